The minimum absolute atomic E-state index is 0.117. The molecule has 6 heteroatoms. The van der Waals surface area contributed by atoms with Crippen molar-refractivity contribution in [3.8, 4) is 0 Å². The van der Waals surface area contributed by atoms with Crippen LogP contribution in [0.25, 0.3) is 0 Å². The minimum atomic E-state index is -0.117. The molecule has 2 aromatic rings. The topological polar surface area (TPSA) is 24.9 Å². The molecule has 106 valence electrons. The molecule has 0 aliphatic heterocycles. The van der Waals surface area contributed by atoms with Gasteiger partial charge in [-0.2, -0.15) is 0 Å². The van der Waals surface area contributed by atoms with Crippen LogP contribution in [-0.4, -0.2) is 11.5 Å². The number of benzene rings is 1. The third-order valence-electron chi connectivity index (χ3n) is 2.79. The lowest BCUT2D eigenvalue weighted by molar-refractivity contribution is 0.613. The lowest BCUT2D eigenvalue weighted by Crippen LogP contribution is -2.23. The van der Waals surface area contributed by atoms with Gasteiger partial charge in [-0.3, -0.25) is 4.98 Å². The van der Waals surface area contributed by atoms with Crippen molar-refractivity contribution in [1.82, 2.24) is 10.3 Å². The summed E-state index contributed by atoms with van der Waals surface area (Å²) in [7, 11) is 0. The van der Waals surface area contributed by atoms with Gasteiger partial charge in [-0.1, -0.05) is 30.1 Å². The molecule has 0 saturated heterocycles. The zero-order valence-corrected chi connectivity index (χ0v) is 15.3. The van der Waals surface area contributed by atoms with E-state index in [-0.39, 0.29) is 6.04 Å². The Kier molecular flexibility index (Phi) is 5.87. The fourth-order valence-electron chi connectivity index (χ4n) is 1.93. The van der Waals surface area contributed by atoms with Gasteiger partial charge < -0.3 is 5.32 Å². The van der Waals surface area contributed by atoms with E-state index in [0.717, 1.165) is 26.7 Å². The Morgan fingerprint density at radius 3 is 2.65 bits per heavy atom. The van der Waals surface area contributed by atoms with Crippen LogP contribution >= 0.6 is 55.1 Å². The number of nitrogens with one attached hydrogen (secondary N) is 1. The molecule has 1 unspecified atom stereocenters. The molecule has 1 N–H and O–H groups in total. The molecule has 0 radical (unpaired) electrons. The van der Waals surface area contributed by atoms with Crippen LogP contribution < -0.4 is 5.32 Å². The minimum Gasteiger partial charge on any atom is -0.305 e. The van der Waals surface area contributed by atoms with E-state index in [1.165, 1.54) is 0 Å². The van der Waals surface area contributed by atoms with E-state index >= 15 is 0 Å². The molecule has 2 nitrogen and oxygen atoms in total. The second-order valence-corrected chi connectivity index (χ2v) is 6.79. The molecule has 1 heterocycles. The van der Waals surface area contributed by atoms with Gasteiger partial charge in [0.2, 0.25) is 0 Å². The van der Waals surface area contributed by atoms with E-state index in [0.29, 0.717) is 10.0 Å². The molecule has 1 atom stereocenters. The Labute approximate surface area is 145 Å². The highest BCUT2D eigenvalue weighted by atomic mass is 79.9. The average Bonchev–Trinajstić information content (AvgIpc) is 2.40. The molecule has 0 aliphatic carbocycles. The predicted octanol–water partition coefficient (Wildman–Crippen LogP) is 5.61. The summed E-state index contributed by atoms with van der Waals surface area (Å²) in [6.07, 6.45) is 1.77. The van der Waals surface area contributed by atoms with Crippen LogP contribution in [0, 0.1) is 0 Å². The Morgan fingerprint density at radius 2 is 2.00 bits per heavy atom. The summed E-state index contributed by atoms with van der Waals surface area (Å²) < 4.78 is 1.83. The van der Waals surface area contributed by atoms with Gasteiger partial charge in [0.05, 0.1) is 11.7 Å². The molecule has 0 aliphatic rings. The SMILES string of the molecule is CCNC(c1cc(Cl)ccc1Cl)c1ncc(Br)cc1Br. The number of pyridine rings is 1. The molecule has 0 bridgehead atoms. The predicted molar refractivity (Wildman–Crippen MR) is 91.6 cm³/mol. The first-order chi connectivity index (χ1) is 9.52. The summed E-state index contributed by atoms with van der Waals surface area (Å²) in [4.78, 5) is 4.49. The van der Waals surface area contributed by atoms with E-state index < -0.39 is 0 Å². The maximum Gasteiger partial charge on any atom is 0.0777 e. The van der Waals surface area contributed by atoms with Gasteiger partial charge in [-0.05, 0) is 68.2 Å². The van der Waals surface area contributed by atoms with Crippen molar-refractivity contribution >= 4 is 55.1 Å². The molecule has 2 rings (SSSR count). The largest absolute Gasteiger partial charge is 0.305 e. The van der Waals surface area contributed by atoms with E-state index in [4.69, 9.17) is 23.2 Å². The molecule has 0 saturated carbocycles. The smallest absolute Gasteiger partial charge is 0.0777 e. The highest BCUT2D eigenvalue weighted by molar-refractivity contribution is 9.11. The number of nitrogens with zero attached hydrogens (tertiary/aromatic N) is 1. The zero-order valence-electron chi connectivity index (χ0n) is 10.6. The monoisotopic (exact) mass is 436 g/mol. The third kappa shape index (κ3) is 3.74. The van der Waals surface area contributed by atoms with Crippen LogP contribution in [0.15, 0.2) is 39.4 Å². The summed E-state index contributed by atoms with van der Waals surface area (Å²) >= 11 is 19.4. The molecule has 20 heavy (non-hydrogen) atoms. The number of aromatic nitrogens is 1. The first-order valence-electron chi connectivity index (χ1n) is 6.02. The van der Waals surface area contributed by atoms with Crippen molar-refractivity contribution in [2.75, 3.05) is 6.54 Å². The summed E-state index contributed by atoms with van der Waals surface area (Å²) in [5, 5.41) is 4.71. The Bertz CT molecular complexity index is 620. The number of hydrogen-bond donors (Lipinski definition) is 1. The van der Waals surface area contributed by atoms with Gasteiger partial charge in [0, 0.05) is 25.2 Å². The van der Waals surface area contributed by atoms with Crippen LogP contribution in [0.2, 0.25) is 10.0 Å². The van der Waals surface area contributed by atoms with E-state index in [2.05, 4.69) is 42.2 Å². The lowest BCUT2D eigenvalue weighted by atomic mass is 10.0. The van der Waals surface area contributed by atoms with Crippen LogP contribution in [-0.2, 0) is 0 Å². The molecule has 0 amide bonds. The van der Waals surface area contributed by atoms with Gasteiger partial charge in [0.1, 0.15) is 0 Å². The maximum atomic E-state index is 6.31. The number of rotatable bonds is 4. The van der Waals surface area contributed by atoms with E-state index in [1.54, 1.807) is 18.3 Å². The molecular weight excluding hydrogens is 427 g/mol. The van der Waals surface area contributed by atoms with E-state index in [1.807, 2.05) is 19.1 Å². The zero-order chi connectivity index (χ0) is 14.7. The molecule has 0 spiro atoms. The van der Waals surface area contributed by atoms with Crippen molar-refractivity contribution in [2.45, 2.75) is 13.0 Å². The van der Waals surface area contributed by atoms with Gasteiger partial charge in [-0.15, -0.1) is 0 Å². The van der Waals surface area contributed by atoms with Crippen LogP contribution in [0.5, 0.6) is 0 Å². The van der Waals surface area contributed by atoms with Crippen LogP contribution in [0.4, 0.5) is 0 Å². The summed E-state index contributed by atoms with van der Waals surface area (Å²) in [6.45, 7) is 2.83. The fraction of sp³-hybridized carbons (Fsp3) is 0.214. The van der Waals surface area contributed by atoms with Gasteiger partial charge >= 0.3 is 0 Å². The molecular formula is C14H12Br2Cl2N2. The normalized spacial score (nSPS) is 12.4. The maximum absolute atomic E-state index is 6.31. The summed E-state index contributed by atoms with van der Waals surface area (Å²) in [6, 6.07) is 7.30. The first kappa shape index (κ1) is 16.2. The highest BCUT2D eigenvalue weighted by Crippen LogP contribution is 2.33. The fourth-order valence-corrected chi connectivity index (χ4v) is 3.56. The Balaban J connectivity index is 2.53. The molecule has 1 aromatic heterocycles. The van der Waals surface area contributed by atoms with Crippen molar-refractivity contribution in [1.29, 1.82) is 0 Å². The van der Waals surface area contributed by atoms with Gasteiger partial charge in [0.25, 0.3) is 0 Å². The third-order valence-corrected chi connectivity index (χ3v) is 4.44. The number of halogens is 4. The second kappa shape index (κ2) is 7.23. The quantitative estimate of drug-likeness (QED) is 0.670. The lowest BCUT2D eigenvalue weighted by Gasteiger charge is -2.20. The second-order valence-electron chi connectivity index (χ2n) is 4.18. The van der Waals surface area contributed by atoms with Crippen molar-refractivity contribution in [2.24, 2.45) is 0 Å². The Morgan fingerprint density at radius 1 is 1.25 bits per heavy atom. The van der Waals surface area contributed by atoms with Crippen molar-refractivity contribution < 1.29 is 0 Å². The van der Waals surface area contributed by atoms with E-state index in [9.17, 15) is 0 Å². The van der Waals surface area contributed by atoms with Gasteiger partial charge in [0.15, 0.2) is 0 Å². The number of hydrogen-bond acceptors (Lipinski definition) is 2. The molecule has 1 aromatic carbocycles. The van der Waals surface area contributed by atoms with Crippen LogP contribution in [0.1, 0.15) is 24.2 Å². The highest BCUT2D eigenvalue weighted by Gasteiger charge is 2.20. The van der Waals surface area contributed by atoms with Crippen molar-refractivity contribution in [3.05, 3.63) is 60.7 Å². The van der Waals surface area contributed by atoms with Crippen molar-refractivity contribution in [3.63, 3.8) is 0 Å². The molecule has 0 fully saturated rings. The Hall–Kier alpha value is -0.130. The first-order valence-corrected chi connectivity index (χ1v) is 8.36. The van der Waals surface area contributed by atoms with Gasteiger partial charge in [-0.25, -0.2) is 0 Å². The standard InChI is InChI=1S/C14H12Br2Cl2N2/c1-2-19-13(10-6-9(17)3-4-12(10)18)14-11(16)5-8(15)7-20-14/h3-7,13,19H,2H2,1H3. The summed E-state index contributed by atoms with van der Waals surface area (Å²) in [5.41, 5.74) is 1.79. The average molecular weight is 439 g/mol. The summed E-state index contributed by atoms with van der Waals surface area (Å²) in [5.74, 6) is 0. The van der Waals surface area contributed by atoms with Crippen LogP contribution in [0.3, 0.4) is 0 Å².